The molecule has 124 valence electrons. The van der Waals surface area contributed by atoms with Crippen LogP contribution < -0.4 is 5.32 Å². The predicted molar refractivity (Wildman–Crippen MR) is 93.5 cm³/mol. The SMILES string of the molecule is CCCCNC(=O)CSc1nnc(CCc2ccccc2)n1C. The molecule has 0 aliphatic heterocycles. The van der Waals surface area contributed by atoms with Crippen LogP contribution in [0.1, 0.15) is 31.2 Å². The Morgan fingerprint density at radius 3 is 2.74 bits per heavy atom. The number of hydrogen-bond acceptors (Lipinski definition) is 4. The fourth-order valence-corrected chi connectivity index (χ4v) is 2.93. The molecular formula is C17H24N4OS. The molecule has 0 spiro atoms. The van der Waals surface area contributed by atoms with Crippen molar-refractivity contribution in [3.05, 3.63) is 41.7 Å². The lowest BCUT2D eigenvalue weighted by molar-refractivity contribution is -0.118. The number of aryl methyl sites for hydroxylation is 2. The summed E-state index contributed by atoms with van der Waals surface area (Å²) in [6.07, 6.45) is 3.89. The van der Waals surface area contributed by atoms with Crippen LogP contribution in [0.5, 0.6) is 0 Å². The van der Waals surface area contributed by atoms with Gasteiger partial charge in [0.05, 0.1) is 5.75 Å². The van der Waals surface area contributed by atoms with Crippen LogP contribution in [0, 0.1) is 0 Å². The van der Waals surface area contributed by atoms with Gasteiger partial charge in [-0.2, -0.15) is 0 Å². The maximum absolute atomic E-state index is 11.7. The molecule has 1 aromatic heterocycles. The van der Waals surface area contributed by atoms with Gasteiger partial charge in [-0.3, -0.25) is 4.79 Å². The lowest BCUT2D eigenvalue weighted by Gasteiger charge is -2.05. The van der Waals surface area contributed by atoms with E-state index in [2.05, 4.69) is 34.6 Å². The van der Waals surface area contributed by atoms with Gasteiger partial charge in [0.2, 0.25) is 5.91 Å². The highest BCUT2D eigenvalue weighted by atomic mass is 32.2. The lowest BCUT2D eigenvalue weighted by Crippen LogP contribution is -2.26. The van der Waals surface area contributed by atoms with Gasteiger partial charge in [0.25, 0.3) is 0 Å². The third kappa shape index (κ3) is 5.71. The Hall–Kier alpha value is -1.82. The standard InChI is InChI=1S/C17H24N4OS/c1-3-4-12-18-16(22)13-23-17-20-19-15(21(17)2)11-10-14-8-6-5-7-9-14/h5-9H,3-4,10-13H2,1-2H3,(H,18,22). The summed E-state index contributed by atoms with van der Waals surface area (Å²) in [6, 6.07) is 10.3. The van der Waals surface area contributed by atoms with Crippen molar-refractivity contribution in [2.45, 2.75) is 37.8 Å². The second-order valence-corrected chi connectivity index (χ2v) is 6.38. The molecule has 1 heterocycles. The highest BCUT2D eigenvalue weighted by Crippen LogP contribution is 2.16. The van der Waals surface area contributed by atoms with Gasteiger partial charge in [-0.15, -0.1) is 10.2 Å². The minimum atomic E-state index is 0.0530. The average Bonchev–Trinajstić information content (AvgIpc) is 2.92. The van der Waals surface area contributed by atoms with E-state index in [0.29, 0.717) is 5.75 Å². The number of unbranched alkanes of at least 4 members (excludes halogenated alkanes) is 1. The number of carbonyl (C=O) groups is 1. The van der Waals surface area contributed by atoms with E-state index in [1.165, 1.54) is 17.3 Å². The van der Waals surface area contributed by atoms with Crippen molar-refractivity contribution in [2.24, 2.45) is 7.05 Å². The van der Waals surface area contributed by atoms with Crippen LogP contribution >= 0.6 is 11.8 Å². The van der Waals surface area contributed by atoms with Crippen LogP contribution in [-0.4, -0.2) is 33.0 Å². The van der Waals surface area contributed by atoms with Crippen molar-refractivity contribution in [1.82, 2.24) is 20.1 Å². The average molecular weight is 332 g/mol. The fourth-order valence-electron chi connectivity index (χ4n) is 2.17. The van der Waals surface area contributed by atoms with E-state index in [1.807, 2.05) is 29.8 Å². The monoisotopic (exact) mass is 332 g/mol. The molecule has 0 saturated carbocycles. The summed E-state index contributed by atoms with van der Waals surface area (Å²) in [5, 5.41) is 12.1. The predicted octanol–water partition coefficient (Wildman–Crippen LogP) is 2.61. The molecule has 0 unspecified atom stereocenters. The van der Waals surface area contributed by atoms with Crippen LogP contribution in [0.4, 0.5) is 0 Å². The topological polar surface area (TPSA) is 59.8 Å². The Bertz CT molecular complexity index is 612. The highest BCUT2D eigenvalue weighted by molar-refractivity contribution is 7.99. The maximum Gasteiger partial charge on any atom is 0.230 e. The number of aromatic nitrogens is 3. The molecule has 5 nitrogen and oxygen atoms in total. The summed E-state index contributed by atoms with van der Waals surface area (Å²) in [7, 11) is 1.96. The Morgan fingerprint density at radius 1 is 1.22 bits per heavy atom. The van der Waals surface area contributed by atoms with Crippen molar-refractivity contribution in [3.8, 4) is 0 Å². The van der Waals surface area contributed by atoms with Crippen molar-refractivity contribution in [3.63, 3.8) is 0 Å². The van der Waals surface area contributed by atoms with Gasteiger partial charge in [0.1, 0.15) is 5.82 Å². The summed E-state index contributed by atoms with van der Waals surface area (Å²) < 4.78 is 1.98. The van der Waals surface area contributed by atoms with Crippen LogP contribution in [0.2, 0.25) is 0 Å². The minimum absolute atomic E-state index is 0.0530. The quantitative estimate of drug-likeness (QED) is 0.566. The van der Waals surface area contributed by atoms with Gasteiger partial charge in [-0.1, -0.05) is 55.4 Å². The molecule has 1 N–H and O–H groups in total. The lowest BCUT2D eigenvalue weighted by atomic mass is 10.1. The van der Waals surface area contributed by atoms with E-state index in [9.17, 15) is 4.79 Å². The van der Waals surface area contributed by atoms with Gasteiger partial charge < -0.3 is 9.88 Å². The zero-order valence-electron chi connectivity index (χ0n) is 13.8. The third-order valence-corrected chi connectivity index (χ3v) is 4.61. The second-order valence-electron chi connectivity index (χ2n) is 5.44. The van der Waals surface area contributed by atoms with Crippen molar-refractivity contribution in [2.75, 3.05) is 12.3 Å². The number of amides is 1. The summed E-state index contributed by atoms with van der Waals surface area (Å²) in [5.41, 5.74) is 1.29. The second kappa shape index (κ2) is 9.35. The number of hydrogen-bond donors (Lipinski definition) is 1. The zero-order valence-corrected chi connectivity index (χ0v) is 14.6. The number of carbonyl (C=O) groups excluding carboxylic acids is 1. The zero-order chi connectivity index (χ0) is 16.5. The van der Waals surface area contributed by atoms with Gasteiger partial charge in [0, 0.05) is 20.0 Å². The van der Waals surface area contributed by atoms with Gasteiger partial charge in [0.15, 0.2) is 5.16 Å². The molecule has 6 heteroatoms. The molecule has 1 aromatic carbocycles. The van der Waals surface area contributed by atoms with E-state index in [-0.39, 0.29) is 5.91 Å². The molecule has 2 rings (SSSR count). The number of benzene rings is 1. The normalized spacial score (nSPS) is 10.7. The van der Waals surface area contributed by atoms with Gasteiger partial charge in [-0.25, -0.2) is 0 Å². The minimum Gasteiger partial charge on any atom is -0.355 e. The van der Waals surface area contributed by atoms with Crippen molar-refractivity contribution < 1.29 is 4.79 Å². The first-order chi connectivity index (χ1) is 11.2. The highest BCUT2D eigenvalue weighted by Gasteiger charge is 2.11. The molecule has 0 fully saturated rings. The van der Waals surface area contributed by atoms with Crippen LogP contribution in [0.25, 0.3) is 0 Å². The smallest absolute Gasteiger partial charge is 0.230 e. The molecule has 23 heavy (non-hydrogen) atoms. The first-order valence-corrected chi connectivity index (χ1v) is 9.01. The van der Waals surface area contributed by atoms with E-state index in [1.54, 1.807) is 0 Å². The number of thioether (sulfide) groups is 1. The first kappa shape index (κ1) is 17.5. The summed E-state index contributed by atoms with van der Waals surface area (Å²) in [4.78, 5) is 11.7. The Labute approximate surface area is 141 Å². The Kier molecular flexibility index (Phi) is 7.13. The van der Waals surface area contributed by atoms with Gasteiger partial charge >= 0.3 is 0 Å². The third-order valence-electron chi connectivity index (χ3n) is 3.59. The Morgan fingerprint density at radius 2 is 2.00 bits per heavy atom. The molecule has 0 saturated heterocycles. The van der Waals surface area contributed by atoms with E-state index < -0.39 is 0 Å². The number of nitrogens with one attached hydrogen (secondary N) is 1. The van der Waals surface area contributed by atoms with E-state index in [4.69, 9.17) is 0 Å². The Balaban J connectivity index is 1.81. The van der Waals surface area contributed by atoms with Gasteiger partial charge in [-0.05, 0) is 18.4 Å². The van der Waals surface area contributed by atoms with Crippen molar-refractivity contribution >= 4 is 17.7 Å². The van der Waals surface area contributed by atoms with E-state index >= 15 is 0 Å². The molecule has 1 amide bonds. The van der Waals surface area contributed by atoms with Crippen LogP contribution in [0.15, 0.2) is 35.5 Å². The van der Waals surface area contributed by atoms with Crippen molar-refractivity contribution in [1.29, 1.82) is 0 Å². The number of nitrogens with zero attached hydrogens (tertiary/aromatic N) is 3. The summed E-state index contributed by atoms with van der Waals surface area (Å²) in [6.45, 7) is 2.86. The molecule has 0 radical (unpaired) electrons. The maximum atomic E-state index is 11.7. The summed E-state index contributed by atoms with van der Waals surface area (Å²) >= 11 is 1.43. The number of rotatable bonds is 9. The molecule has 0 bridgehead atoms. The largest absolute Gasteiger partial charge is 0.355 e. The first-order valence-electron chi connectivity index (χ1n) is 8.02. The molecule has 0 atom stereocenters. The fraction of sp³-hybridized carbons (Fsp3) is 0.471. The molecule has 2 aromatic rings. The summed E-state index contributed by atoms with van der Waals surface area (Å²) in [5.74, 6) is 1.38. The molecule has 0 aliphatic rings. The van der Waals surface area contributed by atoms with Crippen LogP contribution in [0.3, 0.4) is 0 Å². The van der Waals surface area contributed by atoms with Crippen LogP contribution in [-0.2, 0) is 24.7 Å². The van der Waals surface area contributed by atoms with E-state index in [0.717, 1.165) is 43.2 Å². The molecule has 0 aliphatic carbocycles. The molecular weight excluding hydrogens is 308 g/mol.